The van der Waals surface area contributed by atoms with Gasteiger partial charge in [-0.05, 0) is 5.56 Å². The average molecular weight is 278 g/mol. The molecular formula is C13H16FNaO4. The molecule has 0 radical (unpaired) electrons. The van der Waals surface area contributed by atoms with Crippen molar-refractivity contribution in [3.63, 3.8) is 0 Å². The van der Waals surface area contributed by atoms with Gasteiger partial charge in [-0.3, -0.25) is 4.79 Å². The number of halogens is 1. The third kappa shape index (κ3) is 6.84. The van der Waals surface area contributed by atoms with Gasteiger partial charge in [0.25, 0.3) is 0 Å². The monoisotopic (exact) mass is 278 g/mol. The zero-order chi connectivity index (χ0) is 13.5. The summed E-state index contributed by atoms with van der Waals surface area (Å²) >= 11 is 0. The van der Waals surface area contributed by atoms with Gasteiger partial charge in [-0.2, -0.15) is 0 Å². The van der Waals surface area contributed by atoms with Crippen molar-refractivity contribution in [3.8, 4) is 0 Å². The van der Waals surface area contributed by atoms with Crippen molar-refractivity contribution in [1.82, 2.24) is 0 Å². The fraction of sp³-hybridized carbons (Fsp3) is 0.308. The zero-order valence-corrected chi connectivity index (χ0v) is 9.61. The molecule has 0 bridgehead atoms. The van der Waals surface area contributed by atoms with Gasteiger partial charge in [-0.1, -0.05) is 42.5 Å². The third-order valence-electron chi connectivity index (χ3n) is 2.36. The molecule has 1 rings (SSSR count). The predicted molar refractivity (Wildman–Crippen MR) is 71.8 cm³/mol. The van der Waals surface area contributed by atoms with Crippen LogP contribution in [0.1, 0.15) is 12.0 Å². The van der Waals surface area contributed by atoms with Crippen LogP contribution in [0.2, 0.25) is 0 Å². The molecule has 3 atom stereocenters. The van der Waals surface area contributed by atoms with Crippen LogP contribution < -0.4 is 0 Å². The number of aliphatic hydroxyl groups excluding tert-OH is 2. The van der Waals surface area contributed by atoms with E-state index >= 15 is 0 Å². The minimum absolute atomic E-state index is 0. The van der Waals surface area contributed by atoms with E-state index in [1.807, 2.05) is 6.07 Å². The number of hydrogen-bond acceptors (Lipinski definition) is 3. The first kappa shape index (κ1) is 18.3. The summed E-state index contributed by atoms with van der Waals surface area (Å²) in [4.78, 5) is 10.3. The van der Waals surface area contributed by atoms with Gasteiger partial charge < -0.3 is 15.3 Å². The van der Waals surface area contributed by atoms with Crippen molar-refractivity contribution in [2.75, 3.05) is 0 Å². The second-order valence-corrected chi connectivity index (χ2v) is 3.87. The summed E-state index contributed by atoms with van der Waals surface area (Å²) in [6.45, 7) is 0. The first-order chi connectivity index (χ1) is 8.50. The molecule has 0 heterocycles. The van der Waals surface area contributed by atoms with Crippen LogP contribution in [-0.4, -0.2) is 69.2 Å². The van der Waals surface area contributed by atoms with E-state index in [1.165, 1.54) is 12.2 Å². The van der Waals surface area contributed by atoms with Crippen LogP contribution >= 0.6 is 0 Å². The van der Waals surface area contributed by atoms with E-state index in [-0.39, 0.29) is 29.6 Å². The number of hydrogen-bond donors (Lipinski definition) is 3. The van der Waals surface area contributed by atoms with Gasteiger partial charge in [0, 0.05) is 0 Å². The molecule has 0 aliphatic heterocycles. The van der Waals surface area contributed by atoms with Crippen LogP contribution in [0.5, 0.6) is 0 Å². The van der Waals surface area contributed by atoms with Crippen LogP contribution in [0.3, 0.4) is 0 Å². The van der Waals surface area contributed by atoms with Crippen molar-refractivity contribution in [1.29, 1.82) is 0 Å². The molecule has 0 saturated heterocycles. The summed E-state index contributed by atoms with van der Waals surface area (Å²) in [7, 11) is 0. The molecular weight excluding hydrogens is 262 g/mol. The summed E-state index contributed by atoms with van der Waals surface area (Å²) in [6.07, 6.45) is -3.34. The number of alkyl halides is 1. The molecule has 1 aromatic rings. The van der Waals surface area contributed by atoms with Crippen LogP contribution in [0.4, 0.5) is 4.39 Å². The molecule has 1 aromatic carbocycles. The number of aliphatic hydroxyl groups is 2. The summed E-state index contributed by atoms with van der Waals surface area (Å²) < 4.78 is 13.4. The van der Waals surface area contributed by atoms with E-state index in [1.54, 1.807) is 24.3 Å². The number of carbonyl (C=O) groups is 1. The van der Waals surface area contributed by atoms with Crippen LogP contribution in [-0.2, 0) is 4.79 Å². The molecule has 0 aliphatic rings. The topological polar surface area (TPSA) is 77.8 Å². The Kier molecular flexibility index (Phi) is 8.88. The molecule has 0 spiro atoms. The Balaban J connectivity index is 0.00000324. The van der Waals surface area contributed by atoms with Gasteiger partial charge in [0.15, 0.2) is 6.17 Å². The minimum atomic E-state index is -2.03. The molecule has 19 heavy (non-hydrogen) atoms. The van der Waals surface area contributed by atoms with Crippen molar-refractivity contribution < 1.29 is 24.5 Å². The first-order valence-corrected chi connectivity index (χ1v) is 5.46. The van der Waals surface area contributed by atoms with Gasteiger partial charge in [-0.15, -0.1) is 0 Å². The normalized spacial score (nSPS) is 15.5. The quantitative estimate of drug-likeness (QED) is 0.665. The van der Waals surface area contributed by atoms with E-state index in [0.29, 0.717) is 0 Å². The number of aliphatic carboxylic acids is 1. The molecule has 6 heteroatoms. The SMILES string of the molecule is O=C(O)CC(O)C(F)C(O)C=Cc1ccccc1.[NaH]. The molecule has 0 fully saturated rings. The predicted octanol–water partition coefficient (Wildman–Crippen LogP) is 0.586. The van der Waals surface area contributed by atoms with Gasteiger partial charge >= 0.3 is 35.5 Å². The molecule has 0 saturated carbocycles. The van der Waals surface area contributed by atoms with Crippen LogP contribution in [0.15, 0.2) is 36.4 Å². The Hall–Kier alpha value is -0.720. The molecule has 0 aromatic heterocycles. The zero-order valence-electron chi connectivity index (χ0n) is 9.61. The first-order valence-electron chi connectivity index (χ1n) is 5.46. The van der Waals surface area contributed by atoms with Gasteiger partial charge in [0.2, 0.25) is 0 Å². The Labute approximate surface area is 132 Å². The molecule has 4 nitrogen and oxygen atoms in total. The standard InChI is InChI=1S/C13H15FO4.Na.H/c14-13(11(16)8-12(17)18)10(15)7-6-9-4-2-1-3-5-9;;/h1-7,10-11,13,15-16H,8H2,(H,17,18);;. The van der Waals surface area contributed by atoms with Gasteiger partial charge in [0.05, 0.1) is 12.5 Å². The second-order valence-electron chi connectivity index (χ2n) is 3.87. The molecule has 0 amide bonds. The fourth-order valence-corrected chi connectivity index (χ4v) is 1.40. The van der Waals surface area contributed by atoms with Gasteiger partial charge in [0.1, 0.15) is 6.10 Å². The van der Waals surface area contributed by atoms with E-state index < -0.39 is 30.8 Å². The van der Waals surface area contributed by atoms with Crippen molar-refractivity contribution in [3.05, 3.63) is 42.0 Å². The van der Waals surface area contributed by atoms with Gasteiger partial charge in [-0.25, -0.2) is 4.39 Å². The van der Waals surface area contributed by atoms with Crippen molar-refractivity contribution in [2.24, 2.45) is 0 Å². The van der Waals surface area contributed by atoms with E-state index in [4.69, 9.17) is 5.11 Å². The van der Waals surface area contributed by atoms with E-state index in [9.17, 15) is 19.4 Å². The summed E-state index contributed by atoms with van der Waals surface area (Å²) in [5.41, 5.74) is 0.775. The average Bonchev–Trinajstić information content (AvgIpc) is 2.35. The Morgan fingerprint density at radius 1 is 1.26 bits per heavy atom. The maximum atomic E-state index is 13.4. The van der Waals surface area contributed by atoms with E-state index in [0.717, 1.165) is 5.56 Å². The summed E-state index contributed by atoms with van der Waals surface area (Å²) in [6, 6.07) is 8.94. The van der Waals surface area contributed by atoms with Crippen molar-refractivity contribution in [2.45, 2.75) is 24.8 Å². The number of carboxylic acids is 1. The third-order valence-corrected chi connectivity index (χ3v) is 2.36. The fourth-order valence-electron chi connectivity index (χ4n) is 1.40. The van der Waals surface area contributed by atoms with Crippen LogP contribution in [0.25, 0.3) is 6.08 Å². The van der Waals surface area contributed by atoms with Crippen LogP contribution in [0, 0.1) is 0 Å². The molecule has 3 N–H and O–H groups in total. The summed E-state index contributed by atoms with van der Waals surface area (Å²) in [5, 5.41) is 27.0. The maximum absolute atomic E-state index is 13.4. The Morgan fingerprint density at radius 2 is 1.84 bits per heavy atom. The molecule has 0 aliphatic carbocycles. The number of rotatable bonds is 6. The molecule has 100 valence electrons. The number of benzene rings is 1. The van der Waals surface area contributed by atoms with Crippen molar-refractivity contribution >= 4 is 41.6 Å². The Morgan fingerprint density at radius 3 is 2.37 bits per heavy atom. The number of carboxylic acid groups (broad SMARTS) is 1. The second kappa shape index (κ2) is 9.23. The van der Waals surface area contributed by atoms with E-state index in [2.05, 4.69) is 0 Å². The molecule has 3 unspecified atom stereocenters. The summed E-state index contributed by atoms with van der Waals surface area (Å²) in [5.74, 6) is -1.32. The Bertz CT molecular complexity index is 410.